The van der Waals surface area contributed by atoms with E-state index in [1.807, 2.05) is 13.8 Å². The van der Waals surface area contributed by atoms with Crippen LogP contribution >= 0.6 is 0 Å². The third kappa shape index (κ3) is 8.18. The van der Waals surface area contributed by atoms with Crippen molar-refractivity contribution in [3.8, 4) is 0 Å². The molecule has 0 bridgehead atoms. The van der Waals surface area contributed by atoms with E-state index in [4.69, 9.17) is 19.9 Å². The number of rotatable bonds is 9. The molecule has 0 aliphatic heterocycles. The molecular formula is C9H21NO3. The highest BCUT2D eigenvalue weighted by atomic mass is 16.7. The van der Waals surface area contributed by atoms with Crippen LogP contribution in [0.5, 0.6) is 0 Å². The molecule has 0 spiro atoms. The fourth-order valence-electron chi connectivity index (χ4n) is 0.894. The second-order valence-electron chi connectivity index (χ2n) is 2.56. The molecule has 0 aliphatic carbocycles. The highest BCUT2D eigenvalue weighted by Gasteiger charge is 2.03. The molecule has 4 heteroatoms. The average molecular weight is 191 g/mol. The van der Waals surface area contributed by atoms with Crippen LogP contribution in [0.3, 0.4) is 0 Å². The van der Waals surface area contributed by atoms with Gasteiger partial charge in [-0.15, -0.1) is 0 Å². The van der Waals surface area contributed by atoms with E-state index in [2.05, 4.69) is 0 Å². The highest BCUT2D eigenvalue weighted by molar-refractivity contribution is 4.40. The molecule has 4 nitrogen and oxygen atoms in total. The van der Waals surface area contributed by atoms with E-state index in [1.54, 1.807) is 0 Å². The van der Waals surface area contributed by atoms with Gasteiger partial charge in [-0.3, -0.25) is 0 Å². The first kappa shape index (κ1) is 12.8. The summed E-state index contributed by atoms with van der Waals surface area (Å²) in [5.41, 5.74) is 5.25. The summed E-state index contributed by atoms with van der Waals surface area (Å²) in [6.07, 6.45) is 0.775. The summed E-state index contributed by atoms with van der Waals surface area (Å²) >= 11 is 0. The second-order valence-corrected chi connectivity index (χ2v) is 2.56. The normalized spacial score (nSPS) is 13.2. The first-order chi connectivity index (χ1) is 6.35. The molecule has 0 saturated carbocycles. The van der Waals surface area contributed by atoms with Gasteiger partial charge in [0.1, 0.15) is 0 Å². The minimum atomic E-state index is -0.0912. The quantitative estimate of drug-likeness (QED) is 0.431. The van der Waals surface area contributed by atoms with Crippen molar-refractivity contribution in [2.24, 2.45) is 5.73 Å². The number of ether oxygens (including phenoxy) is 3. The molecule has 0 aromatic rings. The maximum atomic E-state index is 5.39. The van der Waals surface area contributed by atoms with Crippen molar-refractivity contribution >= 4 is 0 Å². The molecule has 80 valence electrons. The van der Waals surface area contributed by atoms with Crippen LogP contribution in [0.4, 0.5) is 0 Å². The molecule has 0 aromatic heterocycles. The van der Waals surface area contributed by atoms with Crippen LogP contribution in [0.25, 0.3) is 0 Å². The summed E-state index contributed by atoms with van der Waals surface area (Å²) in [5.74, 6) is 0. The Bertz CT molecular complexity index is 101. The average Bonchev–Trinajstić information content (AvgIpc) is 2.16. The summed E-state index contributed by atoms with van der Waals surface area (Å²) in [5, 5.41) is 0. The smallest absolute Gasteiger partial charge is 0.157 e. The molecule has 13 heavy (non-hydrogen) atoms. The molecule has 0 fully saturated rings. The van der Waals surface area contributed by atoms with Crippen molar-refractivity contribution in [1.82, 2.24) is 0 Å². The lowest BCUT2D eigenvalue weighted by molar-refractivity contribution is -0.148. The van der Waals surface area contributed by atoms with E-state index in [0.717, 1.165) is 6.42 Å². The van der Waals surface area contributed by atoms with Gasteiger partial charge >= 0.3 is 0 Å². The second kappa shape index (κ2) is 9.92. The van der Waals surface area contributed by atoms with Crippen LogP contribution in [-0.4, -0.2) is 39.3 Å². The van der Waals surface area contributed by atoms with E-state index in [9.17, 15) is 0 Å². The van der Waals surface area contributed by atoms with Gasteiger partial charge < -0.3 is 19.9 Å². The van der Waals surface area contributed by atoms with Gasteiger partial charge in [-0.2, -0.15) is 0 Å². The maximum absolute atomic E-state index is 5.39. The fraction of sp³-hybridized carbons (Fsp3) is 1.00. The van der Waals surface area contributed by atoms with Crippen molar-refractivity contribution in [1.29, 1.82) is 0 Å². The van der Waals surface area contributed by atoms with Crippen LogP contribution in [0, 0.1) is 0 Å². The molecular weight excluding hydrogens is 170 g/mol. The largest absolute Gasteiger partial charge is 0.378 e. The Morgan fingerprint density at radius 1 is 1.08 bits per heavy atom. The zero-order valence-corrected chi connectivity index (χ0v) is 8.62. The summed E-state index contributed by atoms with van der Waals surface area (Å²) in [6.45, 7) is 6.97. The molecule has 1 atom stereocenters. The highest BCUT2D eigenvalue weighted by Crippen LogP contribution is 1.99. The molecule has 0 rings (SSSR count). The van der Waals surface area contributed by atoms with Crippen LogP contribution in [0.15, 0.2) is 0 Å². The predicted molar refractivity (Wildman–Crippen MR) is 51.5 cm³/mol. The lowest BCUT2D eigenvalue weighted by Crippen LogP contribution is -2.20. The van der Waals surface area contributed by atoms with Gasteiger partial charge in [-0.25, -0.2) is 0 Å². The van der Waals surface area contributed by atoms with Gasteiger partial charge in [-0.1, -0.05) is 6.92 Å². The summed E-state index contributed by atoms with van der Waals surface area (Å²) < 4.78 is 15.8. The Morgan fingerprint density at radius 3 is 2.38 bits per heavy atom. The Balaban J connectivity index is 3.17. The third-order valence-electron chi connectivity index (χ3n) is 1.48. The molecule has 0 saturated heterocycles. The number of hydrogen-bond acceptors (Lipinski definition) is 4. The topological polar surface area (TPSA) is 53.7 Å². The fourth-order valence-corrected chi connectivity index (χ4v) is 0.894. The van der Waals surface area contributed by atoms with Crippen molar-refractivity contribution in [3.05, 3.63) is 0 Å². The molecule has 2 N–H and O–H groups in total. The number of hydrogen-bond donors (Lipinski definition) is 1. The Labute approximate surface area is 80.3 Å². The standard InChI is InChI=1S/C9H21NO3/c1-3-9(12-4-2)13-8-7-11-6-5-10/h9H,3-8,10H2,1-2H3. The molecule has 0 radical (unpaired) electrons. The maximum Gasteiger partial charge on any atom is 0.157 e. The minimum Gasteiger partial charge on any atom is -0.378 e. The first-order valence-corrected chi connectivity index (χ1v) is 4.86. The third-order valence-corrected chi connectivity index (χ3v) is 1.48. The Hall–Kier alpha value is -0.160. The summed E-state index contributed by atoms with van der Waals surface area (Å²) in [4.78, 5) is 0. The lowest BCUT2D eigenvalue weighted by Gasteiger charge is -2.15. The molecule has 1 unspecified atom stereocenters. The van der Waals surface area contributed by atoms with Crippen LogP contribution in [-0.2, 0) is 14.2 Å². The Morgan fingerprint density at radius 2 is 1.85 bits per heavy atom. The van der Waals surface area contributed by atoms with Crippen molar-refractivity contribution < 1.29 is 14.2 Å². The molecule has 0 amide bonds. The van der Waals surface area contributed by atoms with Crippen molar-refractivity contribution in [2.75, 3.05) is 33.0 Å². The van der Waals surface area contributed by atoms with Gasteiger partial charge in [0.25, 0.3) is 0 Å². The molecule has 0 aromatic carbocycles. The summed E-state index contributed by atoms with van der Waals surface area (Å²) in [7, 11) is 0. The monoisotopic (exact) mass is 191 g/mol. The SMILES string of the molecule is CCOC(CC)OCCOCCN. The van der Waals surface area contributed by atoms with Gasteiger partial charge in [0.05, 0.1) is 19.8 Å². The van der Waals surface area contributed by atoms with Gasteiger partial charge in [0.15, 0.2) is 6.29 Å². The van der Waals surface area contributed by atoms with Crippen molar-refractivity contribution in [3.63, 3.8) is 0 Å². The Kier molecular flexibility index (Phi) is 9.80. The minimum absolute atomic E-state index is 0.0912. The summed E-state index contributed by atoms with van der Waals surface area (Å²) in [6, 6.07) is 0. The van der Waals surface area contributed by atoms with Crippen LogP contribution in [0.2, 0.25) is 0 Å². The van der Waals surface area contributed by atoms with Gasteiger partial charge in [0, 0.05) is 13.2 Å². The lowest BCUT2D eigenvalue weighted by atomic mass is 10.5. The van der Waals surface area contributed by atoms with Crippen molar-refractivity contribution in [2.45, 2.75) is 26.6 Å². The van der Waals surface area contributed by atoms with E-state index >= 15 is 0 Å². The number of nitrogens with two attached hydrogens (primary N) is 1. The van der Waals surface area contributed by atoms with E-state index < -0.39 is 0 Å². The van der Waals surface area contributed by atoms with E-state index in [0.29, 0.717) is 33.0 Å². The van der Waals surface area contributed by atoms with E-state index in [1.165, 1.54) is 0 Å². The molecule has 0 aliphatic rings. The zero-order valence-electron chi connectivity index (χ0n) is 8.62. The predicted octanol–water partition coefficient (Wildman–Crippen LogP) is 0.751. The van der Waals surface area contributed by atoms with Crippen LogP contribution < -0.4 is 5.73 Å². The van der Waals surface area contributed by atoms with Gasteiger partial charge in [-0.05, 0) is 13.3 Å². The van der Waals surface area contributed by atoms with Crippen LogP contribution in [0.1, 0.15) is 20.3 Å². The first-order valence-electron chi connectivity index (χ1n) is 4.86. The van der Waals surface area contributed by atoms with E-state index in [-0.39, 0.29) is 6.29 Å². The zero-order chi connectivity index (χ0) is 9.94. The molecule has 0 heterocycles. The van der Waals surface area contributed by atoms with Gasteiger partial charge in [0.2, 0.25) is 0 Å².